The normalized spacial score (nSPS) is 10.8. The Kier molecular flexibility index (Phi) is 3.32. The van der Waals surface area contributed by atoms with Crippen LogP contribution in [0.15, 0.2) is 18.2 Å². The zero-order chi connectivity index (χ0) is 9.84. The lowest BCUT2D eigenvalue weighted by Crippen LogP contribution is -1.88. The second-order valence-corrected chi connectivity index (χ2v) is 2.92. The summed E-state index contributed by atoms with van der Waals surface area (Å²) in [6.07, 6.45) is 3.40. The van der Waals surface area contributed by atoms with Gasteiger partial charge in [-0.2, -0.15) is 0 Å². The molecular weight excluding hydrogens is 191 g/mol. The molecule has 1 aromatic rings. The number of methoxy groups -OCH3 is 1. The largest absolute Gasteiger partial charge is 0.495 e. The van der Waals surface area contributed by atoms with Gasteiger partial charge < -0.3 is 4.74 Å². The number of halogens is 2. The minimum absolute atomic E-state index is 0.334. The molecule has 0 heterocycles. The van der Waals surface area contributed by atoms with Gasteiger partial charge in [0.25, 0.3) is 0 Å². The molecule has 0 atom stereocenters. The van der Waals surface area contributed by atoms with Crippen molar-refractivity contribution in [3.63, 3.8) is 0 Å². The van der Waals surface area contributed by atoms with Gasteiger partial charge in [-0.25, -0.2) is 4.39 Å². The average molecular weight is 201 g/mol. The third kappa shape index (κ3) is 2.22. The van der Waals surface area contributed by atoms with Gasteiger partial charge >= 0.3 is 0 Å². The van der Waals surface area contributed by atoms with Crippen molar-refractivity contribution in [1.29, 1.82) is 0 Å². The quantitative estimate of drug-likeness (QED) is 0.710. The van der Waals surface area contributed by atoms with E-state index in [0.29, 0.717) is 16.3 Å². The van der Waals surface area contributed by atoms with Gasteiger partial charge in [-0.3, -0.25) is 0 Å². The second kappa shape index (κ2) is 4.28. The first kappa shape index (κ1) is 10.1. The Labute approximate surface area is 81.8 Å². The highest BCUT2D eigenvalue weighted by Crippen LogP contribution is 2.27. The second-order valence-electron chi connectivity index (χ2n) is 2.51. The summed E-state index contributed by atoms with van der Waals surface area (Å²) in [5, 5.41) is 0.414. The van der Waals surface area contributed by atoms with E-state index in [9.17, 15) is 4.39 Å². The van der Waals surface area contributed by atoms with Gasteiger partial charge in [-0.1, -0.05) is 23.8 Å². The van der Waals surface area contributed by atoms with Crippen molar-refractivity contribution in [2.24, 2.45) is 0 Å². The van der Waals surface area contributed by atoms with Gasteiger partial charge in [0.15, 0.2) is 0 Å². The molecule has 0 N–H and O–H groups in total. The van der Waals surface area contributed by atoms with E-state index in [1.807, 2.05) is 6.92 Å². The Morgan fingerprint density at radius 3 is 2.69 bits per heavy atom. The number of allylic oxidation sites excluding steroid dienone is 1. The molecule has 0 radical (unpaired) electrons. The maximum atomic E-state index is 13.2. The molecule has 0 fully saturated rings. The molecule has 1 rings (SSSR count). The molecule has 0 spiro atoms. The van der Waals surface area contributed by atoms with Crippen molar-refractivity contribution in [2.45, 2.75) is 6.92 Å². The van der Waals surface area contributed by atoms with Gasteiger partial charge in [0.2, 0.25) is 0 Å². The first-order valence-corrected chi connectivity index (χ1v) is 4.22. The van der Waals surface area contributed by atoms with Crippen molar-refractivity contribution >= 4 is 17.7 Å². The number of hydrogen-bond donors (Lipinski definition) is 0. The molecule has 70 valence electrons. The summed E-state index contributed by atoms with van der Waals surface area (Å²) in [4.78, 5) is 0. The fraction of sp³-hybridized carbons (Fsp3) is 0.200. The lowest BCUT2D eigenvalue weighted by atomic mass is 10.2. The fourth-order valence-electron chi connectivity index (χ4n) is 1.01. The van der Waals surface area contributed by atoms with E-state index in [2.05, 4.69) is 0 Å². The van der Waals surface area contributed by atoms with Crippen LogP contribution in [0.1, 0.15) is 12.5 Å². The summed E-state index contributed by atoms with van der Waals surface area (Å²) in [5.74, 6) is 0.0202. The molecule has 0 saturated heterocycles. The van der Waals surface area contributed by atoms with Crippen LogP contribution in [-0.2, 0) is 0 Å². The highest BCUT2D eigenvalue weighted by molar-refractivity contribution is 6.32. The smallest absolute Gasteiger partial charge is 0.140 e. The van der Waals surface area contributed by atoms with E-state index in [0.717, 1.165) is 0 Å². The Balaban J connectivity index is 3.20. The molecular formula is C10H10ClFO. The predicted octanol–water partition coefficient (Wildman–Crippen LogP) is 3.52. The molecule has 0 aliphatic rings. The number of rotatable bonds is 2. The summed E-state index contributed by atoms with van der Waals surface area (Å²) < 4.78 is 18.1. The maximum absolute atomic E-state index is 13.2. The van der Waals surface area contributed by atoms with E-state index in [1.54, 1.807) is 12.2 Å². The predicted molar refractivity (Wildman–Crippen MR) is 52.7 cm³/mol. The molecule has 0 unspecified atom stereocenters. The molecule has 0 amide bonds. The maximum Gasteiger partial charge on any atom is 0.140 e. The van der Waals surface area contributed by atoms with Crippen LogP contribution in [0.4, 0.5) is 4.39 Å². The van der Waals surface area contributed by atoms with Crippen molar-refractivity contribution in [2.75, 3.05) is 7.11 Å². The highest BCUT2D eigenvalue weighted by Gasteiger charge is 2.06. The van der Waals surface area contributed by atoms with E-state index >= 15 is 0 Å². The summed E-state index contributed by atoms with van der Waals surface area (Å²) in [6, 6.07) is 2.81. The van der Waals surface area contributed by atoms with Gasteiger partial charge in [0.1, 0.15) is 11.6 Å². The van der Waals surface area contributed by atoms with Crippen LogP contribution in [0.3, 0.4) is 0 Å². The topological polar surface area (TPSA) is 9.23 Å². The molecule has 0 aliphatic heterocycles. The van der Waals surface area contributed by atoms with Crippen molar-refractivity contribution in [3.8, 4) is 5.75 Å². The van der Waals surface area contributed by atoms with Crippen LogP contribution in [-0.4, -0.2) is 7.11 Å². The van der Waals surface area contributed by atoms with Gasteiger partial charge in [0.05, 0.1) is 12.1 Å². The summed E-state index contributed by atoms with van der Waals surface area (Å²) >= 11 is 5.81. The summed E-state index contributed by atoms with van der Waals surface area (Å²) in [5.41, 5.74) is 0.466. The molecule has 0 aliphatic carbocycles. The summed E-state index contributed by atoms with van der Waals surface area (Å²) in [7, 11) is 1.45. The average Bonchev–Trinajstić information content (AvgIpc) is 2.11. The minimum atomic E-state index is -0.334. The van der Waals surface area contributed by atoms with Crippen molar-refractivity contribution < 1.29 is 9.13 Å². The molecule has 0 bridgehead atoms. The van der Waals surface area contributed by atoms with Crippen LogP contribution in [0.5, 0.6) is 5.75 Å². The van der Waals surface area contributed by atoms with Crippen LogP contribution in [0.2, 0.25) is 5.02 Å². The highest BCUT2D eigenvalue weighted by atomic mass is 35.5. The number of hydrogen-bond acceptors (Lipinski definition) is 1. The zero-order valence-electron chi connectivity index (χ0n) is 7.47. The monoisotopic (exact) mass is 200 g/mol. The number of benzene rings is 1. The molecule has 0 aromatic heterocycles. The Bertz CT molecular complexity index is 334. The fourth-order valence-corrected chi connectivity index (χ4v) is 1.26. The van der Waals surface area contributed by atoms with Gasteiger partial charge in [0, 0.05) is 11.6 Å². The van der Waals surface area contributed by atoms with Crippen molar-refractivity contribution in [1.82, 2.24) is 0 Å². The zero-order valence-corrected chi connectivity index (χ0v) is 8.23. The Morgan fingerprint density at radius 2 is 2.15 bits per heavy atom. The lowest BCUT2D eigenvalue weighted by molar-refractivity contribution is 0.411. The first-order chi connectivity index (χ1) is 6.19. The Morgan fingerprint density at radius 1 is 1.46 bits per heavy atom. The SMILES string of the molecule is C/C=C/c1cc(Cl)c(OC)cc1F. The molecule has 0 saturated carbocycles. The Hall–Kier alpha value is -1.02. The van der Waals surface area contributed by atoms with E-state index in [4.69, 9.17) is 16.3 Å². The third-order valence-corrected chi connectivity index (χ3v) is 1.91. The molecule has 3 heteroatoms. The lowest BCUT2D eigenvalue weighted by Gasteiger charge is -2.04. The van der Waals surface area contributed by atoms with Gasteiger partial charge in [-0.05, 0) is 13.0 Å². The van der Waals surface area contributed by atoms with Crippen LogP contribution >= 0.6 is 11.6 Å². The van der Waals surface area contributed by atoms with Gasteiger partial charge in [-0.15, -0.1) is 0 Å². The van der Waals surface area contributed by atoms with E-state index < -0.39 is 0 Å². The minimum Gasteiger partial charge on any atom is -0.495 e. The van der Waals surface area contributed by atoms with Crippen LogP contribution < -0.4 is 4.74 Å². The van der Waals surface area contributed by atoms with E-state index in [1.165, 1.54) is 19.2 Å². The van der Waals surface area contributed by atoms with Crippen molar-refractivity contribution in [3.05, 3.63) is 34.6 Å². The van der Waals surface area contributed by atoms with Crippen LogP contribution in [0, 0.1) is 5.82 Å². The first-order valence-electron chi connectivity index (χ1n) is 3.84. The van der Waals surface area contributed by atoms with Crippen LogP contribution in [0.25, 0.3) is 6.08 Å². The molecule has 13 heavy (non-hydrogen) atoms. The number of ether oxygens (including phenoxy) is 1. The molecule has 1 aromatic carbocycles. The third-order valence-electron chi connectivity index (χ3n) is 1.62. The van der Waals surface area contributed by atoms with E-state index in [-0.39, 0.29) is 5.82 Å². The summed E-state index contributed by atoms with van der Waals surface area (Å²) in [6.45, 7) is 1.82. The molecule has 1 nitrogen and oxygen atoms in total. The standard InChI is InChI=1S/C10H10ClFO/c1-3-4-7-5-8(11)10(13-2)6-9(7)12/h3-6H,1-2H3/b4-3+.